The molecule has 148 valence electrons. The van der Waals surface area contributed by atoms with Gasteiger partial charge in [-0.3, -0.25) is 9.59 Å². The smallest absolute Gasteiger partial charge is 0.226 e. The van der Waals surface area contributed by atoms with E-state index >= 15 is 0 Å². The molecule has 1 saturated carbocycles. The van der Waals surface area contributed by atoms with Crippen molar-refractivity contribution < 1.29 is 23.8 Å². The SMILES string of the molecule is COc1cc(CC(=O)N(C)[C@H]2C[C@H]3CNC(=O)C[C@H]3C2)cc(OC)c1OC. The molecule has 2 amide bonds. The van der Waals surface area contributed by atoms with Gasteiger partial charge in [0.25, 0.3) is 0 Å². The van der Waals surface area contributed by atoms with Gasteiger partial charge in [0.05, 0.1) is 27.8 Å². The van der Waals surface area contributed by atoms with Crippen LogP contribution >= 0.6 is 0 Å². The van der Waals surface area contributed by atoms with E-state index in [2.05, 4.69) is 5.32 Å². The first-order valence-electron chi connectivity index (χ1n) is 9.28. The van der Waals surface area contributed by atoms with Crippen LogP contribution in [0.2, 0.25) is 0 Å². The Balaban J connectivity index is 1.69. The van der Waals surface area contributed by atoms with Crippen LogP contribution in [-0.2, 0) is 16.0 Å². The molecule has 0 radical (unpaired) electrons. The molecule has 1 saturated heterocycles. The number of nitrogens with one attached hydrogen (secondary N) is 1. The average molecular weight is 376 g/mol. The summed E-state index contributed by atoms with van der Waals surface area (Å²) in [5, 5.41) is 2.94. The number of benzene rings is 1. The van der Waals surface area contributed by atoms with E-state index in [9.17, 15) is 9.59 Å². The van der Waals surface area contributed by atoms with Gasteiger partial charge in [-0.15, -0.1) is 0 Å². The predicted molar refractivity (Wildman–Crippen MR) is 100 cm³/mol. The summed E-state index contributed by atoms with van der Waals surface area (Å²) in [5.74, 6) is 2.64. The predicted octanol–water partition coefficient (Wildman–Crippen LogP) is 1.63. The van der Waals surface area contributed by atoms with E-state index in [0.29, 0.717) is 35.5 Å². The molecule has 1 aliphatic heterocycles. The minimum absolute atomic E-state index is 0.0483. The summed E-state index contributed by atoms with van der Waals surface area (Å²) in [5.41, 5.74) is 0.814. The van der Waals surface area contributed by atoms with Crippen molar-refractivity contribution >= 4 is 11.8 Å². The maximum Gasteiger partial charge on any atom is 0.226 e. The molecule has 27 heavy (non-hydrogen) atoms. The Bertz CT molecular complexity index is 695. The molecule has 1 heterocycles. The Labute approximate surface area is 160 Å². The lowest BCUT2D eigenvalue weighted by Gasteiger charge is -2.25. The standard InChI is InChI=1S/C20H28N2O5/c1-22(15-8-13-10-18(23)21-11-14(13)9-15)19(24)7-12-5-16(25-2)20(27-4)17(6-12)26-3/h5-6,13-15H,7-11H2,1-4H3,(H,21,23)/t13-,14+,15-/m1/s1. The molecule has 0 aromatic heterocycles. The van der Waals surface area contributed by atoms with Crippen LogP contribution in [0.4, 0.5) is 0 Å². The maximum absolute atomic E-state index is 12.9. The third kappa shape index (κ3) is 3.96. The van der Waals surface area contributed by atoms with E-state index in [4.69, 9.17) is 14.2 Å². The summed E-state index contributed by atoms with van der Waals surface area (Å²) < 4.78 is 16.1. The molecule has 3 atom stereocenters. The molecule has 7 nitrogen and oxygen atoms in total. The average Bonchev–Trinajstić information content (AvgIpc) is 3.09. The summed E-state index contributed by atoms with van der Waals surface area (Å²) in [6.07, 6.45) is 2.68. The van der Waals surface area contributed by atoms with Gasteiger partial charge < -0.3 is 24.4 Å². The third-order valence-electron chi connectivity index (χ3n) is 5.85. The summed E-state index contributed by atoms with van der Waals surface area (Å²) >= 11 is 0. The molecular formula is C20H28N2O5. The molecular weight excluding hydrogens is 348 g/mol. The Kier molecular flexibility index (Phi) is 5.77. The monoisotopic (exact) mass is 376 g/mol. The normalized spacial score (nSPS) is 24.0. The van der Waals surface area contributed by atoms with Crippen molar-refractivity contribution in [3.05, 3.63) is 17.7 Å². The summed E-state index contributed by atoms with van der Waals surface area (Å²) in [7, 11) is 6.53. The van der Waals surface area contributed by atoms with E-state index in [1.165, 1.54) is 0 Å². The van der Waals surface area contributed by atoms with Crippen molar-refractivity contribution in [1.82, 2.24) is 10.2 Å². The first-order chi connectivity index (χ1) is 13.0. The molecule has 0 bridgehead atoms. The highest BCUT2D eigenvalue weighted by atomic mass is 16.5. The van der Waals surface area contributed by atoms with Gasteiger partial charge in [0.15, 0.2) is 11.5 Å². The van der Waals surface area contributed by atoms with Crippen molar-refractivity contribution in [2.24, 2.45) is 11.8 Å². The largest absolute Gasteiger partial charge is 0.493 e. The second kappa shape index (κ2) is 8.06. The van der Waals surface area contributed by atoms with Crippen LogP contribution < -0.4 is 19.5 Å². The zero-order valence-electron chi connectivity index (χ0n) is 16.4. The Morgan fingerprint density at radius 1 is 1.11 bits per heavy atom. The summed E-state index contributed by atoms with van der Waals surface area (Å²) in [6.45, 7) is 0.731. The van der Waals surface area contributed by atoms with Crippen molar-refractivity contribution in [3.8, 4) is 17.2 Å². The number of rotatable bonds is 6. The zero-order chi connectivity index (χ0) is 19.6. The highest BCUT2D eigenvalue weighted by Gasteiger charge is 2.40. The lowest BCUT2D eigenvalue weighted by atomic mass is 9.89. The van der Waals surface area contributed by atoms with Crippen molar-refractivity contribution in [3.63, 3.8) is 0 Å². The topological polar surface area (TPSA) is 77.1 Å². The Morgan fingerprint density at radius 3 is 2.33 bits per heavy atom. The van der Waals surface area contributed by atoms with Gasteiger partial charge in [-0.1, -0.05) is 0 Å². The fourth-order valence-corrected chi connectivity index (χ4v) is 4.29. The Morgan fingerprint density at radius 2 is 1.74 bits per heavy atom. The maximum atomic E-state index is 12.9. The number of nitrogens with zero attached hydrogens (tertiary/aromatic N) is 1. The minimum Gasteiger partial charge on any atom is -0.493 e. The van der Waals surface area contributed by atoms with Crippen molar-refractivity contribution in [2.75, 3.05) is 34.9 Å². The highest BCUT2D eigenvalue weighted by molar-refractivity contribution is 5.80. The molecule has 2 fully saturated rings. The summed E-state index contributed by atoms with van der Waals surface area (Å²) in [6, 6.07) is 3.80. The lowest BCUT2D eigenvalue weighted by Crippen LogP contribution is -2.38. The Hall–Kier alpha value is -2.44. The number of amides is 2. The van der Waals surface area contributed by atoms with Crippen LogP contribution in [-0.4, -0.2) is 57.7 Å². The van der Waals surface area contributed by atoms with Gasteiger partial charge in [0.2, 0.25) is 17.6 Å². The number of ether oxygens (including phenoxy) is 3. The number of likely N-dealkylation sites (N-methyl/N-ethyl adjacent to an activating group) is 1. The van der Waals surface area contributed by atoms with E-state index in [0.717, 1.165) is 24.9 Å². The van der Waals surface area contributed by atoms with Crippen LogP contribution in [0.1, 0.15) is 24.8 Å². The van der Waals surface area contributed by atoms with E-state index < -0.39 is 0 Å². The van der Waals surface area contributed by atoms with Crippen LogP contribution in [0.3, 0.4) is 0 Å². The first kappa shape index (κ1) is 19.3. The molecule has 1 aromatic rings. The number of hydrogen-bond acceptors (Lipinski definition) is 5. The third-order valence-corrected chi connectivity index (χ3v) is 5.85. The summed E-state index contributed by atoms with van der Waals surface area (Å²) in [4.78, 5) is 26.3. The van der Waals surface area contributed by atoms with Gasteiger partial charge in [-0.05, 0) is 42.4 Å². The quantitative estimate of drug-likeness (QED) is 0.817. The van der Waals surface area contributed by atoms with Crippen LogP contribution in [0.5, 0.6) is 17.2 Å². The molecule has 1 N–H and O–H groups in total. The van der Waals surface area contributed by atoms with Crippen LogP contribution in [0.25, 0.3) is 0 Å². The van der Waals surface area contributed by atoms with Gasteiger partial charge >= 0.3 is 0 Å². The molecule has 0 spiro atoms. The van der Waals surface area contributed by atoms with E-state index in [1.54, 1.807) is 21.3 Å². The fourth-order valence-electron chi connectivity index (χ4n) is 4.29. The second-order valence-corrected chi connectivity index (χ2v) is 7.37. The van der Waals surface area contributed by atoms with Crippen LogP contribution in [0, 0.1) is 11.8 Å². The van der Waals surface area contributed by atoms with Crippen LogP contribution in [0.15, 0.2) is 12.1 Å². The van der Waals surface area contributed by atoms with Gasteiger partial charge in [-0.25, -0.2) is 0 Å². The highest BCUT2D eigenvalue weighted by Crippen LogP contribution is 2.40. The first-order valence-corrected chi connectivity index (χ1v) is 9.28. The van der Waals surface area contributed by atoms with Gasteiger partial charge in [0.1, 0.15) is 0 Å². The van der Waals surface area contributed by atoms with Crippen molar-refractivity contribution in [1.29, 1.82) is 0 Å². The van der Waals surface area contributed by atoms with Gasteiger partial charge in [0, 0.05) is 26.1 Å². The number of carbonyl (C=O) groups excluding carboxylic acids is 2. The number of piperidine rings is 1. The molecule has 2 aliphatic rings. The van der Waals surface area contributed by atoms with E-state index in [1.807, 2.05) is 24.1 Å². The molecule has 1 aromatic carbocycles. The van der Waals surface area contributed by atoms with Gasteiger partial charge in [-0.2, -0.15) is 0 Å². The second-order valence-electron chi connectivity index (χ2n) is 7.37. The minimum atomic E-state index is 0.0483. The molecule has 3 rings (SSSR count). The number of fused-ring (bicyclic) bond motifs is 1. The number of methoxy groups -OCH3 is 3. The lowest BCUT2D eigenvalue weighted by molar-refractivity contribution is -0.131. The number of carbonyl (C=O) groups is 2. The number of hydrogen-bond donors (Lipinski definition) is 1. The molecule has 7 heteroatoms. The van der Waals surface area contributed by atoms with E-state index in [-0.39, 0.29) is 24.3 Å². The van der Waals surface area contributed by atoms with Crippen molar-refractivity contribution in [2.45, 2.75) is 31.7 Å². The zero-order valence-corrected chi connectivity index (χ0v) is 16.4. The molecule has 0 unspecified atom stereocenters. The molecule has 1 aliphatic carbocycles. The fraction of sp³-hybridized carbons (Fsp3) is 0.600.